The molecule has 2 heterocycles. The Morgan fingerprint density at radius 3 is 2.83 bits per heavy atom. The molecule has 0 spiro atoms. The number of carbonyl (C=O) groups is 1. The van der Waals surface area contributed by atoms with E-state index in [9.17, 15) is 4.79 Å². The van der Waals surface area contributed by atoms with E-state index in [-0.39, 0.29) is 5.92 Å². The van der Waals surface area contributed by atoms with Crippen molar-refractivity contribution in [3.63, 3.8) is 0 Å². The van der Waals surface area contributed by atoms with E-state index in [1.807, 2.05) is 12.3 Å². The Morgan fingerprint density at radius 2 is 2.10 bits per heavy atom. The quantitative estimate of drug-likeness (QED) is 0.760. The second-order valence-electron chi connectivity index (χ2n) is 8.67. The van der Waals surface area contributed by atoms with Crippen LogP contribution in [0, 0.1) is 11.8 Å². The molecule has 2 aromatic rings. The molecule has 1 unspecified atom stereocenters. The largest absolute Gasteiger partial charge is 0.404 e. The number of amides is 1. The van der Waals surface area contributed by atoms with Crippen LogP contribution in [0.5, 0.6) is 0 Å². The molecule has 4 N–H and O–H groups in total. The summed E-state index contributed by atoms with van der Waals surface area (Å²) < 4.78 is 2.07. The number of likely N-dealkylation sites (tertiary alicyclic amines) is 1. The van der Waals surface area contributed by atoms with Crippen LogP contribution in [0.1, 0.15) is 51.0 Å². The molecule has 0 bridgehead atoms. The molecule has 2 atom stereocenters. The number of hydrogen-bond acceptors (Lipinski definition) is 3. The monoisotopic (exact) mass is 394 g/mol. The van der Waals surface area contributed by atoms with Gasteiger partial charge in [-0.25, -0.2) is 0 Å². The maximum atomic E-state index is 13.0. The number of nitrogens with two attached hydrogens (primary N) is 2. The number of fused-ring (bicyclic) bond motifs is 1. The molecule has 0 radical (unpaired) electrons. The van der Waals surface area contributed by atoms with Gasteiger partial charge in [0.05, 0.1) is 17.3 Å². The van der Waals surface area contributed by atoms with Crippen LogP contribution in [0.25, 0.3) is 16.5 Å². The van der Waals surface area contributed by atoms with E-state index in [4.69, 9.17) is 11.1 Å². The van der Waals surface area contributed by atoms with E-state index in [0.29, 0.717) is 17.9 Å². The molecule has 1 aromatic heterocycles. The zero-order valence-electron chi connectivity index (χ0n) is 17.3. The van der Waals surface area contributed by atoms with Crippen molar-refractivity contribution in [2.75, 3.05) is 6.54 Å². The first-order chi connectivity index (χ1) is 14.1. The fraction of sp³-hybridized carbons (Fsp3) is 0.522. The molecule has 1 aliphatic heterocycles. The van der Waals surface area contributed by atoms with Crippen molar-refractivity contribution < 1.29 is 10.2 Å². The van der Waals surface area contributed by atoms with Crippen LogP contribution >= 0.6 is 0 Å². The van der Waals surface area contributed by atoms with Crippen molar-refractivity contribution in [2.45, 2.75) is 58.0 Å². The smallest absolute Gasteiger partial charge is 0.225 e. The molecule has 1 saturated heterocycles. The molecule has 29 heavy (non-hydrogen) atoms. The van der Waals surface area contributed by atoms with Crippen LogP contribution < -0.4 is 11.1 Å². The molecule has 1 amide bonds. The van der Waals surface area contributed by atoms with Crippen LogP contribution in [-0.4, -0.2) is 39.4 Å². The summed E-state index contributed by atoms with van der Waals surface area (Å²) in [6, 6.07) is 6.49. The Hall–Kier alpha value is -2.63. The maximum Gasteiger partial charge on any atom is 0.225 e. The summed E-state index contributed by atoms with van der Waals surface area (Å²) >= 11 is 0. The number of nitrogens with zero attached hydrogens (tertiary/aromatic N) is 3. The number of carbonyl (C=O) groups excluding carboxylic acids is 1. The van der Waals surface area contributed by atoms with E-state index in [0.717, 1.165) is 54.4 Å². The number of hydrogen-bond donors (Lipinski definition) is 2. The Balaban J connectivity index is 1.46. The number of benzene rings is 1. The van der Waals surface area contributed by atoms with Crippen molar-refractivity contribution in [3.8, 4) is 0 Å². The summed E-state index contributed by atoms with van der Waals surface area (Å²) in [5, 5.41) is 11.3. The first kappa shape index (κ1) is 19.7. The predicted octanol–water partition coefficient (Wildman–Crippen LogP) is 1.98. The third-order valence-corrected chi connectivity index (χ3v) is 6.66. The molecule has 1 aromatic carbocycles. The molecular weight excluding hydrogens is 362 g/mol. The van der Waals surface area contributed by atoms with Gasteiger partial charge in [-0.05, 0) is 49.8 Å². The van der Waals surface area contributed by atoms with E-state index in [1.165, 1.54) is 31.7 Å². The zero-order valence-corrected chi connectivity index (χ0v) is 17.3. The SMILES string of the molecule is C[C@@H]1CC(Cn2ncc3cc(/C(C=[NH2+])=C/N)ccc32)CN1C(=O)C1CCCCC1. The number of rotatable bonds is 5. The molecule has 2 fully saturated rings. The fourth-order valence-electron chi connectivity index (χ4n) is 5.07. The second-order valence-corrected chi connectivity index (χ2v) is 8.67. The third-order valence-electron chi connectivity index (χ3n) is 6.66. The lowest BCUT2D eigenvalue weighted by molar-refractivity contribution is -0.137. The van der Waals surface area contributed by atoms with Crippen molar-refractivity contribution in [3.05, 3.63) is 36.2 Å². The topological polar surface area (TPSA) is 89.7 Å². The fourth-order valence-corrected chi connectivity index (χ4v) is 5.07. The lowest BCUT2D eigenvalue weighted by Crippen LogP contribution is -2.39. The molecule has 6 heteroatoms. The van der Waals surface area contributed by atoms with Gasteiger partial charge in [0.1, 0.15) is 0 Å². The van der Waals surface area contributed by atoms with E-state index in [1.54, 1.807) is 0 Å². The Kier molecular flexibility index (Phi) is 5.69. The molecule has 2 aliphatic rings. The van der Waals surface area contributed by atoms with Gasteiger partial charge in [-0.15, -0.1) is 0 Å². The van der Waals surface area contributed by atoms with Gasteiger partial charge in [-0.1, -0.05) is 25.3 Å². The minimum absolute atomic E-state index is 0.248. The van der Waals surface area contributed by atoms with Crippen LogP contribution in [0.15, 0.2) is 30.6 Å². The second kappa shape index (κ2) is 8.39. The Bertz CT molecular complexity index is 924. The van der Waals surface area contributed by atoms with E-state index in [2.05, 4.69) is 33.7 Å². The van der Waals surface area contributed by atoms with Crippen molar-refractivity contribution in [1.29, 1.82) is 0 Å². The van der Waals surface area contributed by atoms with Gasteiger partial charge in [-0.3, -0.25) is 14.9 Å². The van der Waals surface area contributed by atoms with E-state index < -0.39 is 0 Å². The average molecular weight is 395 g/mol. The molecular formula is C23H32N5O+. The standard InChI is InChI=1S/C23H31N5O/c1-16-9-17(14-27(16)23(29)18-5-3-2-4-6-18)15-28-22-8-7-19(21(11-24)12-25)10-20(22)13-26-28/h7-8,10-13,16-18,24H,2-6,9,14-15,25H2,1H3/p+1/b21-12+,24-11?/t16-,17?/m1/s1. The summed E-state index contributed by atoms with van der Waals surface area (Å²) in [7, 11) is 0. The molecule has 1 saturated carbocycles. The number of allylic oxidation sites excluding steroid dienone is 1. The van der Waals surface area contributed by atoms with Crippen molar-refractivity contribution in [2.24, 2.45) is 17.6 Å². The molecule has 6 nitrogen and oxygen atoms in total. The highest BCUT2D eigenvalue weighted by Gasteiger charge is 2.36. The lowest BCUT2D eigenvalue weighted by atomic mass is 9.88. The summed E-state index contributed by atoms with van der Waals surface area (Å²) in [6.07, 6.45) is 11.8. The average Bonchev–Trinajstić information content (AvgIpc) is 3.32. The van der Waals surface area contributed by atoms with Crippen LogP contribution in [-0.2, 0) is 11.3 Å². The van der Waals surface area contributed by atoms with E-state index >= 15 is 0 Å². The summed E-state index contributed by atoms with van der Waals surface area (Å²) in [6.45, 7) is 3.88. The highest BCUT2D eigenvalue weighted by Crippen LogP contribution is 2.31. The lowest BCUT2D eigenvalue weighted by Gasteiger charge is -2.29. The predicted molar refractivity (Wildman–Crippen MR) is 116 cm³/mol. The Morgan fingerprint density at radius 1 is 1.31 bits per heavy atom. The third kappa shape index (κ3) is 3.93. The first-order valence-corrected chi connectivity index (χ1v) is 10.8. The van der Waals surface area contributed by atoms with Crippen LogP contribution in [0.4, 0.5) is 0 Å². The van der Waals surface area contributed by atoms with Crippen LogP contribution in [0.3, 0.4) is 0 Å². The van der Waals surface area contributed by atoms with Gasteiger partial charge in [0.2, 0.25) is 5.91 Å². The maximum absolute atomic E-state index is 13.0. The first-order valence-electron chi connectivity index (χ1n) is 10.8. The minimum atomic E-state index is 0.248. The van der Waals surface area contributed by atoms with Crippen LogP contribution in [0.2, 0.25) is 0 Å². The van der Waals surface area contributed by atoms with Gasteiger partial charge in [-0.2, -0.15) is 5.10 Å². The van der Waals surface area contributed by atoms with Gasteiger partial charge in [0.15, 0.2) is 6.21 Å². The number of aromatic nitrogens is 2. The van der Waals surface area contributed by atoms with Gasteiger partial charge >= 0.3 is 0 Å². The van der Waals surface area contributed by atoms with Crippen molar-refractivity contribution in [1.82, 2.24) is 14.7 Å². The summed E-state index contributed by atoms with van der Waals surface area (Å²) in [5.74, 6) is 1.07. The van der Waals surface area contributed by atoms with Gasteiger partial charge in [0, 0.05) is 36.6 Å². The summed E-state index contributed by atoms with van der Waals surface area (Å²) in [5.41, 5.74) is 8.55. The molecule has 4 rings (SSSR count). The highest BCUT2D eigenvalue weighted by atomic mass is 16.2. The Labute approximate surface area is 172 Å². The zero-order chi connectivity index (χ0) is 20.4. The molecule has 1 aliphatic carbocycles. The summed E-state index contributed by atoms with van der Waals surface area (Å²) in [4.78, 5) is 15.1. The molecule has 154 valence electrons. The normalized spacial score (nSPS) is 23.6. The van der Waals surface area contributed by atoms with Gasteiger partial charge in [0.25, 0.3) is 0 Å². The minimum Gasteiger partial charge on any atom is -0.404 e. The highest BCUT2D eigenvalue weighted by molar-refractivity contribution is 6.07. The van der Waals surface area contributed by atoms with Gasteiger partial charge < -0.3 is 10.6 Å². The van der Waals surface area contributed by atoms with Crippen molar-refractivity contribution >= 4 is 28.6 Å².